The first-order valence-electron chi connectivity index (χ1n) is 5.21. The van der Waals surface area contributed by atoms with Gasteiger partial charge in [0.15, 0.2) is 0 Å². The van der Waals surface area contributed by atoms with Gasteiger partial charge in [-0.05, 0) is 25.1 Å². The third-order valence-electron chi connectivity index (χ3n) is 2.40. The van der Waals surface area contributed by atoms with E-state index in [9.17, 15) is 8.42 Å². The maximum atomic E-state index is 11.5. The van der Waals surface area contributed by atoms with Crippen LogP contribution in [0.1, 0.15) is 18.5 Å². The number of rotatable bonds is 6. The first-order chi connectivity index (χ1) is 8.43. The van der Waals surface area contributed by atoms with Gasteiger partial charge in [0.05, 0.1) is 14.2 Å². The van der Waals surface area contributed by atoms with E-state index in [0.717, 1.165) is 5.56 Å². The van der Waals surface area contributed by atoms with Crippen molar-refractivity contribution in [2.24, 2.45) is 0 Å². The first-order valence-corrected chi connectivity index (χ1v) is 7.98. The zero-order valence-corrected chi connectivity index (χ0v) is 12.8. The van der Waals surface area contributed by atoms with Crippen LogP contribution in [0.25, 0.3) is 0 Å². The topological polar surface area (TPSA) is 64.6 Å². The van der Waals surface area contributed by atoms with Gasteiger partial charge in [-0.1, -0.05) is 15.9 Å². The highest BCUT2D eigenvalue weighted by Crippen LogP contribution is 2.29. The molecule has 5 nitrogen and oxygen atoms in total. The molecule has 7 heteroatoms. The van der Waals surface area contributed by atoms with Crippen LogP contribution in [0.2, 0.25) is 0 Å². The molecule has 0 bridgehead atoms. The van der Waals surface area contributed by atoms with Crippen LogP contribution in [0.4, 0.5) is 0 Å². The Labute approximate surface area is 116 Å². The summed E-state index contributed by atoms with van der Waals surface area (Å²) in [4.78, 5) is 0. The van der Waals surface area contributed by atoms with E-state index in [2.05, 4.69) is 20.7 Å². The molecule has 1 aromatic carbocycles. The number of ether oxygens (including phenoxy) is 2. The molecular weight excluding hydrogens is 322 g/mol. The van der Waals surface area contributed by atoms with E-state index in [1.165, 1.54) is 7.11 Å². The lowest BCUT2D eigenvalue weighted by Gasteiger charge is -2.17. The van der Waals surface area contributed by atoms with Crippen molar-refractivity contribution < 1.29 is 17.9 Å². The summed E-state index contributed by atoms with van der Waals surface area (Å²) < 4.78 is 35.7. The Bertz CT molecular complexity index is 504. The fourth-order valence-corrected chi connectivity index (χ4v) is 2.67. The molecule has 0 aromatic heterocycles. The summed E-state index contributed by atoms with van der Waals surface area (Å²) >= 11 is 2.93. The molecule has 0 saturated heterocycles. The Morgan fingerprint density at radius 3 is 2.50 bits per heavy atom. The number of alkyl halides is 1. The molecule has 0 amide bonds. The number of hydrogen-bond donors (Lipinski definition) is 1. The van der Waals surface area contributed by atoms with Crippen LogP contribution < -0.4 is 14.2 Å². The van der Waals surface area contributed by atoms with Gasteiger partial charge in [0.2, 0.25) is 10.0 Å². The normalized spacial score (nSPS) is 13.1. The average Bonchev–Trinajstić information content (AvgIpc) is 2.37. The molecule has 18 heavy (non-hydrogen) atoms. The predicted molar refractivity (Wildman–Crippen MR) is 73.8 cm³/mol. The van der Waals surface area contributed by atoms with Gasteiger partial charge in [-0.2, -0.15) is 0 Å². The van der Waals surface area contributed by atoms with E-state index in [1.807, 2.05) is 0 Å². The molecule has 0 aliphatic rings. The summed E-state index contributed by atoms with van der Waals surface area (Å²) in [5, 5.41) is 0. The van der Waals surface area contributed by atoms with Crippen molar-refractivity contribution in [2.75, 3.05) is 18.9 Å². The van der Waals surface area contributed by atoms with Crippen LogP contribution >= 0.6 is 15.9 Å². The van der Waals surface area contributed by atoms with Crippen molar-refractivity contribution in [2.45, 2.75) is 13.0 Å². The molecule has 1 aromatic rings. The largest absolute Gasteiger partial charge is 0.497 e. The number of benzene rings is 1. The summed E-state index contributed by atoms with van der Waals surface area (Å²) in [5.74, 6) is 1.26. The molecule has 1 N–H and O–H groups in total. The average molecular weight is 338 g/mol. The zero-order valence-electron chi connectivity index (χ0n) is 10.4. The van der Waals surface area contributed by atoms with Gasteiger partial charge in [-0.15, -0.1) is 0 Å². The zero-order chi connectivity index (χ0) is 13.8. The van der Waals surface area contributed by atoms with Crippen molar-refractivity contribution >= 4 is 26.0 Å². The molecule has 0 heterocycles. The summed E-state index contributed by atoms with van der Waals surface area (Å²) in [7, 11) is -0.248. The summed E-state index contributed by atoms with van der Waals surface area (Å²) in [6.45, 7) is 1.75. The summed E-state index contributed by atoms with van der Waals surface area (Å²) in [5.41, 5.74) is 0.723. The second kappa shape index (κ2) is 6.40. The number of hydrogen-bond acceptors (Lipinski definition) is 4. The minimum absolute atomic E-state index is 0.142. The Morgan fingerprint density at radius 2 is 2.00 bits per heavy atom. The molecule has 0 saturated carbocycles. The maximum Gasteiger partial charge on any atom is 0.222 e. The van der Waals surface area contributed by atoms with Crippen LogP contribution in [-0.4, -0.2) is 27.3 Å². The monoisotopic (exact) mass is 337 g/mol. The lowest BCUT2D eigenvalue weighted by molar-refractivity contribution is 0.395. The van der Waals surface area contributed by atoms with Gasteiger partial charge in [0.25, 0.3) is 0 Å². The predicted octanol–water partition coefficient (Wildman–Crippen LogP) is 2.04. The molecule has 0 aliphatic heterocycles. The van der Waals surface area contributed by atoms with E-state index in [4.69, 9.17) is 9.47 Å². The van der Waals surface area contributed by atoms with Crippen molar-refractivity contribution in [1.29, 1.82) is 0 Å². The van der Waals surface area contributed by atoms with E-state index < -0.39 is 16.1 Å². The second-order valence-electron chi connectivity index (χ2n) is 3.67. The Kier molecular flexibility index (Phi) is 5.43. The van der Waals surface area contributed by atoms with Gasteiger partial charge in [0.1, 0.15) is 16.2 Å². The number of halogens is 1. The van der Waals surface area contributed by atoms with Crippen LogP contribution in [0, 0.1) is 0 Å². The lowest BCUT2D eigenvalue weighted by Crippen LogP contribution is -2.27. The standard InChI is InChI=1S/C11H16BrNO4S/c1-8(13-18(14,15)7-12)10-6-9(16-2)4-5-11(10)17-3/h4-6,8,13H,7H2,1-3H3/t8-/m0/s1. The summed E-state index contributed by atoms with van der Waals surface area (Å²) in [6, 6.07) is 4.85. The second-order valence-corrected chi connectivity index (χ2v) is 6.73. The van der Waals surface area contributed by atoms with Crippen LogP contribution in [0.5, 0.6) is 11.5 Å². The maximum absolute atomic E-state index is 11.5. The first kappa shape index (κ1) is 15.3. The smallest absolute Gasteiger partial charge is 0.222 e. The van der Waals surface area contributed by atoms with Crippen LogP contribution in [-0.2, 0) is 10.0 Å². The van der Waals surface area contributed by atoms with E-state index in [1.54, 1.807) is 32.2 Å². The van der Waals surface area contributed by atoms with E-state index >= 15 is 0 Å². The number of nitrogens with one attached hydrogen (secondary N) is 1. The Balaban J connectivity index is 3.06. The van der Waals surface area contributed by atoms with Gasteiger partial charge in [0, 0.05) is 11.6 Å². The molecule has 0 fully saturated rings. The highest BCUT2D eigenvalue weighted by atomic mass is 79.9. The highest BCUT2D eigenvalue weighted by Gasteiger charge is 2.18. The van der Waals surface area contributed by atoms with Crippen molar-refractivity contribution in [3.05, 3.63) is 23.8 Å². The molecule has 0 spiro atoms. The SMILES string of the molecule is COc1ccc(OC)c([C@H](C)NS(=O)(=O)CBr)c1. The van der Waals surface area contributed by atoms with Crippen molar-refractivity contribution in [1.82, 2.24) is 4.72 Å². The molecule has 102 valence electrons. The van der Waals surface area contributed by atoms with Crippen LogP contribution in [0.3, 0.4) is 0 Å². The van der Waals surface area contributed by atoms with Gasteiger partial charge >= 0.3 is 0 Å². The summed E-state index contributed by atoms with van der Waals surface area (Å²) in [6.07, 6.45) is 0. The molecular formula is C11H16BrNO4S. The fourth-order valence-electron chi connectivity index (χ4n) is 1.54. The quantitative estimate of drug-likeness (QED) is 0.806. The third-order valence-corrected chi connectivity index (χ3v) is 5.21. The molecule has 1 atom stereocenters. The lowest BCUT2D eigenvalue weighted by atomic mass is 10.1. The van der Waals surface area contributed by atoms with Gasteiger partial charge < -0.3 is 9.47 Å². The number of methoxy groups -OCH3 is 2. The fraction of sp³-hybridized carbons (Fsp3) is 0.455. The Hall–Kier alpha value is -0.790. The molecule has 1 rings (SSSR count). The van der Waals surface area contributed by atoms with Gasteiger partial charge in [-0.25, -0.2) is 13.1 Å². The highest BCUT2D eigenvalue weighted by molar-refractivity contribution is 9.10. The van der Waals surface area contributed by atoms with E-state index in [0.29, 0.717) is 11.5 Å². The van der Waals surface area contributed by atoms with E-state index in [-0.39, 0.29) is 4.66 Å². The Morgan fingerprint density at radius 1 is 1.33 bits per heavy atom. The van der Waals surface area contributed by atoms with Crippen molar-refractivity contribution in [3.63, 3.8) is 0 Å². The van der Waals surface area contributed by atoms with Crippen molar-refractivity contribution in [3.8, 4) is 11.5 Å². The number of sulfonamides is 1. The molecule has 0 radical (unpaired) electrons. The molecule has 0 aliphatic carbocycles. The van der Waals surface area contributed by atoms with Gasteiger partial charge in [-0.3, -0.25) is 0 Å². The minimum Gasteiger partial charge on any atom is -0.497 e. The molecule has 0 unspecified atom stereocenters. The minimum atomic E-state index is -3.34. The van der Waals surface area contributed by atoms with Crippen LogP contribution in [0.15, 0.2) is 18.2 Å². The third kappa shape index (κ3) is 3.86.